The summed E-state index contributed by atoms with van der Waals surface area (Å²) in [6.45, 7) is 4.66. The minimum atomic E-state index is 0.500. The van der Waals surface area contributed by atoms with E-state index in [2.05, 4.69) is 10.2 Å². The fourth-order valence-corrected chi connectivity index (χ4v) is 2.20. The summed E-state index contributed by atoms with van der Waals surface area (Å²) in [6.07, 6.45) is 3.47. The number of hydrogen-bond donors (Lipinski definition) is 0. The third-order valence-corrected chi connectivity index (χ3v) is 3.27. The summed E-state index contributed by atoms with van der Waals surface area (Å²) in [5.41, 5.74) is 0. The van der Waals surface area contributed by atoms with Crippen molar-refractivity contribution in [1.29, 1.82) is 0 Å². The minimum Gasteiger partial charge on any atom is -0.381 e. The van der Waals surface area contributed by atoms with Crippen LogP contribution in [0.1, 0.15) is 25.1 Å². The Bertz CT molecular complexity index is 301. The van der Waals surface area contributed by atoms with Gasteiger partial charge in [-0.05, 0) is 43.7 Å². The molecule has 0 bridgehead atoms. The van der Waals surface area contributed by atoms with Gasteiger partial charge in [0.1, 0.15) is 5.82 Å². The number of ether oxygens (including phenoxy) is 1. The first kappa shape index (κ1) is 10.9. The second-order valence-electron chi connectivity index (χ2n) is 4.01. The van der Waals surface area contributed by atoms with Gasteiger partial charge in [0, 0.05) is 19.8 Å². The van der Waals surface area contributed by atoms with Gasteiger partial charge in [0.2, 0.25) is 5.28 Å². The van der Waals surface area contributed by atoms with Crippen molar-refractivity contribution in [2.45, 2.75) is 32.7 Å². The predicted octanol–water partition coefficient (Wildman–Crippen LogP) is 2.06. The summed E-state index contributed by atoms with van der Waals surface area (Å²) in [7, 11) is 0. The van der Waals surface area contributed by atoms with E-state index < -0.39 is 0 Å². The number of rotatable bonds is 3. The Labute approximate surface area is 94.6 Å². The van der Waals surface area contributed by atoms with E-state index in [4.69, 9.17) is 16.3 Å². The van der Waals surface area contributed by atoms with Crippen LogP contribution in [-0.4, -0.2) is 28.0 Å². The average molecular weight is 230 g/mol. The van der Waals surface area contributed by atoms with Crippen LogP contribution in [0.2, 0.25) is 5.28 Å². The molecule has 1 aliphatic rings. The summed E-state index contributed by atoms with van der Waals surface area (Å²) in [5.74, 6) is 1.66. The fraction of sp³-hybridized carbons (Fsp3) is 0.800. The molecule has 1 saturated heterocycles. The van der Waals surface area contributed by atoms with E-state index in [0.29, 0.717) is 5.28 Å². The molecule has 84 valence electrons. The molecule has 0 amide bonds. The molecular weight excluding hydrogens is 214 g/mol. The van der Waals surface area contributed by atoms with Gasteiger partial charge in [0.05, 0.1) is 0 Å². The molecule has 5 heteroatoms. The van der Waals surface area contributed by atoms with Crippen molar-refractivity contribution < 1.29 is 4.74 Å². The lowest BCUT2D eigenvalue weighted by molar-refractivity contribution is 0.0625. The van der Waals surface area contributed by atoms with Crippen LogP contribution in [0, 0.1) is 12.8 Å². The van der Waals surface area contributed by atoms with Crippen molar-refractivity contribution in [3.63, 3.8) is 0 Å². The Morgan fingerprint density at radius 3 is 2.73 bits per heavy atom. The first-order valence-electron chi connectivity index (χ1n) is 5.40. The highest BCUT2D eigenvalue weighted by Gasteiger charge is 2.15. The number of aryl methyl sites for hydroxylation is 1. The molecule has 1 aliphatic heterocycles. The van der Waals surface area contributed by atoms with Gasteiger partial charge in [0.25, 0.3) is 0 Å². The highest BCUT2D eigenvalue weighted by molar-refractivity contribution is 6.28. The first-order valence-corrected chi connectivity index (χ1v) is 5.78. The van der Waals surface area contributed by atoms with Gasteiger partial charge in [-0.1, -0.05) is 0 Å². The van der Waals surface area contributed by atoms with Crippen LogP contribution in [0.4, 0.5) is 0 Å². The van der Waals surface area contributed by atoms with E-state index in [1.54, 1.807) is 0 Å². The molecule has 0 saturated carbocycles. The second kappa shape index (κ2) is 4.94. The lowest BCUT2D eigenvalue weighted by Crippen LogP contribution is -2.17. The van der Waals surface area contributed by atoms with Gasteiger partial charge in [-0.25, -0.2) is 0 Å². The number of hydrogen-bond acceptors (Lipinski definition) is 3. The first-order chi connectivity index (χ1) is 7.27. The lowest BCUT2D eigenvalue weighted by atomic mass is 9.97. The summed E-state index contributed by atoms with van der Waals surface area (Å²) >= 11 is 5.93. The summed E-state index contributed by atoms with van der Waals surface area (Å²) in [4.78, 5) is 0. The van der Waals surface area contributed by atoms with Gasteiger partial charge in [-0.3, -0.25) is 0 Å². The zero-order valence-electron chi connectivity index (χ0n) is 8.95. The van der Waals surface area contributed by atoms with Crippen molar-refractivity contribution in [3.8, 4) is 0 Å². The average Bonchev–Trinajstić information content (AvgIpc) is 2.58. The van der Waals surface area contributed by atoms with Gasteiger partial charge in [0.15, 0.2) is 0 Å². The molecule has 4 nitrogen and oxygen atoms in total. The maximum absolute atomic E-state index is 5.93. The van der Waals surface area contributed by atoms with E-state index in [1.165, 1.54) is 12.8 Å². The van der Waals surface area contributed by atoms with Crippen LogP contribution in [0.5, 0.6) is 0 Å². The Morgan fingerprint density at radius 2 is 2.13 bits per heavy atom. The minimum absolute atomic E-state index is 0.500. The Morgan fingerprint density at radius 1 is 1.40 bits per heavy atom. The predicted molar refractivity (Wildman–Crippen MR) is 57.9 cm³/mol. The smallest absolute Gasteiger partial charge is 0.225 e. The molecule has 0 unspecified atom stereocenters. The number of halogens is 1. The third kappa shape index (κ3) is 2.69. The van der Waals surface area contributed by atoms with Gasteiger partial charge >= 0.3 is 0 Å². The Balaban J connectivity index is 1.87. The second-order valence-corrected chi connectivity index (χ2v) is 4.35. The van der Waals surface area contributed by atoms with E-state index in [9.17, 15) is 0 Å². The molecular formula is C10H16ClN3O. The monoisotopic (exact) mass is 229 g/mol. The molecule has 15 heavy (non-hydrogen) atoms. The van der Waals surface area contributed by atoms with Crippen LogP contribution in [0.25, 0.3) is 0 Å². The summed E-state index contributed by atoms with van der Waals surface area (Å²) in [5, 5.41) is 8.27. The highest BCUT2D eigenvalue weighted by Crippen LogP contribution is 2.20. The lowest BCUT2D eigenvalue weighted by Gasteiger charge is -2.22. The van der Waals surface area contributed by atoms with Crippen molar-refractivity contribution >= 4 is 11.6 Å². The quantitative estimate of drug-likeness (QED) is 0.797. The van der Waals surface area contributed by atoms with Crippen molar-refractivity contribution in [2.75, 3.05) is 13.2 Å². The third-order valence-electron chi connectivity index (χ3n) is 2.99. The standard InChI is InChI=1S/C10H16ClN3O/c1-8-12-13-10(11)14(8)5-2-9-3-6-15-7-4-9/h9H,2-7H2,1H3. The van der Waals surface area contributed by atoms with Crippen molar-refractivity contribution in [3.05, 3.63) is 11.1 Å². The summed E-state index contributed by atoms with van der Waals surface area (Å²) < 4.78 is 7.30. The SMILES string of the molecule is Cc1nnc(Cl)n1CCC1CCOCC1. The molecule has 0 radical (unpaired) electrons. The van der Waals surface area contributed by atoms with E-state index in [1.807, 2.05) is 11.5 Å². The molecule has 2 rings (SSSR count). The van der Waals surface area contributed by atoms with Crippen LogP contribution in [0.15, 0.2) is 0 Å². The normalized spacial score (nSPS) is 18.3. The Kier molecular flexibility index (Phi) is 3.59. The molecule has 0 N–H and O–H groups in total. The van der Waals surface area contributed by atoms with E-state index in [-0.39, 0.29) is 0 Å². The van der Waals surface area contributed by atoms with Gasteiger partial charge in [-0.2, -0.15) is 0 Å². The van der Waals surface area contributed by atoms with Crippen molar-refractivity contribution in [2.24, 2.45) is 5.92 Å². The molecule has 1 aromatic rings. The van der Waals surface area contributed by atoms with Crippen LogP contribution >= 0.6 is 11.6 Å². The molecule has 0 spiro atoms. The number of aromatic nitrogens is 3. The largest absolute Gasteiger partial charge is 0.381 e. The van der Waals surface area contributed by atoms with E-state index in [0.717, 1.165) is 37.9 Å². The fourth-order valence-electron chi connectivity index (χ4n) is 1.96. The summed E-state index contributed by atoms with van der Waals surface area (Å²) in [6, 6.07) is 0. The molecule has 2 heterocycles. The van der Waals surface area contributed by atoms with Gasteiger partial charge in [-0.15, -0.1) is 10.2 Å². The molecule has 0 atom stereocenters. The Hall–Kier alpha value is -0.610. The van der Waals surface area contributed by atoms with Gasteiger partial charge < -0.3 is 9.30 Å². The maximum Gasteiger partial charge on any atom is 0.225 e. The zero-order valence-corrected chi connectivity index (χ0v) is 9.70. The van der Waals surface area contributed by atoms with E-state index >= 15 is 0 Å². The highest BCUT2D eigenvalue weighted by atomic mass is 35.5. The molecule has 1 aromatic heterocycles. The molecule has 0 aliphatic carbocycles. The zero-order chi connectivity index (χ0) is 10.7. The number of nitrogens with zero attached hydrogens (tertiary/aromatic N) is 3. The topological polar surface area (TPSA) is 39.9 Å². The van der Waals surface area contributed by atoms with Crippen LogP contribution in [0.3, 0.4) is 0 Å². The van der Waals surface area contributed by atoms with Crippen LogP contribution < -0.4 is 0 Å². The molecule has 1 fully saturated rings. The van der Waals surface area contributed by atoms with Crippen LogP contribution in [-0.2, 0) is 11.3 Å². The molecule has 0 aromatic carbocycles. The maximum atomic E-state index is 5.93. The van der Waals surface area contributed by atoms with Crippen molar-refractivity contribution in [1.82, 2.24) is 14.8 Å².